The normalized spacial score (nSPS) is 16.3. The van der Waals surface area contributed by atoms with Crippen molar-refractivity contribution in [2.45, 2.75) is 47.5 Å². The van der Waals surface area contributed by atoms with Gasteiger partial charge in [0.1, 0.15) is 0 Å². The first-order valence-corrected chi connectivity index (χ1v) is 14.7. The van der Waals surface area contributed by atoms with E-state index in [2.05, 4.69) is 129 Å². The van der Waals surface area contributed by atoms with Gasteiger partial charge in [-0.3, -0.25) is 0 Å². The lowest BCUT2D eigenvalue weighted by Crippen LogP contribution is -2.06. The van der Waals surface area contributed by atoms with E-state index < -0.39 is 0 Å². The highest BCUT2D eigenvalue weighted by Crippen LogP contribution is 2.45. The van der Waals surface area contributed by atoms with Crippen molar-refractivity contribution in [3.05, 3.63) is 106 Å². The summed E-state index contributed by atoms with van der Waals surface area (Å²) >= 11 is 3.70. The van der Waals surface area contributed by atoms with Gasteiger partial charge >= 0.3 is 0 Å². The predicted molar refractivity (Wildman–Crippen MR) is 173 cm³/mol. The van der Waals surface area contributed by atoms with Gasteiger partial charge in [-0.05, 0) is 90.8 Å². The fourth-order valence-corrected chi connectivity index (χ4v) is 6.68. The van der Waals surface area contributed by atoms with Crippen LogP contribution in [0.15, 0.2) is 83.4 Å². The molecule has 0 amide bonds. The quantitative estimate of drug-likeness (QED) is 0.121. The zero-order valence-electron chi connectivity index (χ0n) is 23.3. The predicted octanol–water partition coefficient (Wildman–Crippen LogP) is 10.8. The van der Waals surface area contributed by atoms with Crippen molar-refractivity contribution in [2.75, 3.05) is 0 Å². The van der Waals surface area contributed by atoms with Crippen LogP contribution in [0.25, 0.3) is 54.5 Å². The fraction of sp³-hybridized carbons (Fsp3) is 0.222. The van der Waals surface area contributed by atoms with Crippen LogP contribution in [0.5, 0.6) is 0 Å². The van der Waals surface area contributed by atoms with Gasteiger partial charge in [-0.2, -0.15) is 0 Å². The second-order valence-electron chi connectivity index (χ2n) is 10.6. The summed E-state index contributed by atoms with van der Waals surface area (Å²) in [7, 11) is 0. The van der Waals surface area contributed by atoms with Crippen molar-refractivity contribution in [3.8, 4) is 0 Å². The summed E-state index contributed by atoms with van der Waals surface area (Å²) in [5.74, 6) is 0.407. The number of pyridine rings is 2. The van der Waals surface area contributed by atoms with Crippen LogP contribution in [0.2, 0.25) is 0 Å². The Kier molecular flexibility index (Phi) is 6.72. The molecule has 0 saturated carbocycles. The van der Waals surface area contributed by atoms with Crippen molar-refractivity contribution in [1.82, 2.24) is 9.97 Å². The first kappa shape index (κ1) is 25.7. The maximum Gasteiger partial charge on any atom is 0.0787 e. The van der Waals surface area contributed by atoms with Gasteiger partial charge in [0.15, 0.2) is 0 Å². The lowest BCUT2D eigenvalue weighted by molar-refractivity contribution is 0.756. The number of aryl methyl sites for hydroxylation is 2. The van der Waals surface area contributed by atoms with Crippen LogP contribution in [0.1, 0.15) is 56.1 Å². The molecule has 0 N–H and O–H groups in total. The highest BCUT2D eigenvalue weighted by molar-refractivity contribution is 9.10. The molecule has 0 spiro atoms. The Morgan fingerprint density at radius 3 is 2.46 bits per heavy atom. The van der Waals surface area contributed by atoms with E-state index >= 15 is 0 Å². The maximum atomic E-state index is 5.37. The number of fused-ring (bicyclic) bond motifs is 6. The molecule has 0 saturated heterocycles. The van der Waals surface area contributed by atoms with Crippen molar-refractivity contribution in [2.24, 2.45) is 5.92 Å². The lowest BCUT2D eigenvalue weighted by atomic mass is 9.83. The van der Waals surface area contributed by atoms with Gasteiger partial charge in [0.2, 0.25) is 0 Å². The summed E-state index contributed by atoms with van der Waals surface area (Å²) in [4.78, 5) is 10.7. The minimum absolute atomic E-state index is 0.407. The fourth-order valence-electron chi connectivity index (χ4n) is 6.33. The average Bonchev–Trinajstić information content (AvgIpc) is 2.94. The third-order valence-electron chi connectivity index (χ3n) is 8.09. The molecule has 0 bridgehead atoms. The molecule has 2 heterocycles. The van der Waals surface area contributed by atoms with Gasteiger partial charge in [0, 0.05) is 26.0 Å². The second-order valence-corrected chi connectivity index (χ2v) is 11.5. The van der Waals surface area contributed by atoms with Gasteiger partial charge in [0.25, 0.3) is 0 Å². The molecule has 39 heavy (non-hydrogen) atoms. The molecule has 2 aromatic heterocycles. The third kappa shape index (κ3) is 4.15. The van der Waals surface area contributed by atoms with Crippen molar-refractivity contribution in [3.63, 3.8) is 0 Å². The standard InChI is InChI=1S/C36H33BrN2/c1-6-12-24(13-7-2)35-33-22(4)32-28-19-18-25(37)20-30(28)39-36(26-15-9-8-14-21(26)3)34(32)23(5)31(33)27-16-10-11-17-29(27)38-35/h6,8-13,15-21H,7,14H2,1-5H3/b12-6-,24-13+. The Labute approximate surface area is 239 Å². The minimum atomic E-state index is 0.407. The van der Waals surface area contributed by atoms with E-state index in [1.54, 1.807) is 0 Å². The largest absolute Gasteiger partial charge is 0.247 e. The molecule has 1 aliphatic carbocycles. The first-order valence-electron chi connectivity index (χ1n) is 13.9. The van der Waals surface area contributed by atoms with Crippen LogP contribution in [0.4, 0.5) is 0 Å². The lowest BCUT2D eigenvalue weighted by Gasteiger charge is -2.24. The summed E-state index contributed by atoms with van der Waals surface area (Å²) in [6, 6.07) is 15.1. The van der Waals surface area contributed by atoms with Gasteiger partial charge in [0.05, 0.1) is 22.4 Å². The Hall–Kier alpha value is -3.56. The first-order chi connectivity index (χ1) is 18.9. The summed E-state index contributed by atoms with van der Waals surface area (Å²) in [6.07, 6.45) is 15.3. The van der Waals surface area contributed by atoms with Crippen LogP contribution in [0, 0.1) is 19.8 Å². The van der Waals surface area contributed by atoms with Gasteiger partial charge in [-0.25, -0.2) is 9.97 Å². The van der Waals surface area contributed by atoms with Crippen LogP contribution >= 0.6 is 15.9 Å². The summed E-state index contributed by atoms with van der Waals surface area (Å²) in [5.41, 5.74) is 9.24. The Bertz CT molecular complexity index is 1920. The van der Waals surface area contributed by atoms with Crippen LogP contribution < -0.4 is 0 Å². The SMILES string of the molecule is C/C=C\C(=C/CC)c1nc2ccccc2c2c(C)c3c(C4=CC=CCC4C)nc4cc(Br)ccc4c3c(C)c12. The van der Waals surface area contributed by atoms with Crippen molar-refractivity contribution < 1.29 is 0 Å². The molecule has 1 aliphatic rings. The van der Waals surface area contributed by atoms with E-state index in [1.807, 2.05) is 0 Å². The number of hydrogen-bond donors (Lipinski definition) is 0. The smallest absolute Gasteiger partial charge is 0.0787 e. The topological polar surface area (TPSA) is 25.8 Å². The molecular formula is C36H33BrN2. The van der Waals surface area contributed by atoms with Crippen molar-refractivity contribution in [1.29, 1.82) is 0 Å². The molecule has 0 radical (unpaired) electrons. The zero-order valence-corrected chi connectivity index (χ0v) is 24.9. The number of benzene rings is 3. The number of halogens is 1. The number of aromatic nitrogens is 2. The number of allylic oxidation sites excluding steroid dienone is 8. The number of para-hydroxylation sites is 1. The number of nitrogens with zero attached hydrogens (tertiary/aromatic N) is 2. The minimum Gasteiger partial charge on any atom is -0.247 e. The molecule has 1 atom stereocenters. The number of rotatable bonds is 4. The molecule has 3 aromatic carbocycles. The Morgan fingerprint density at radius 1 is 0.949 bits per heavy atom. The molecule has 194 valence electrons. The summed E-state index contributed by atoms with van der Waals surface area (Å²) in [6.45, 7) is 11.2. The van der Waals surface area contributed by atoms with E-state index in [0.29, 0.717) is 5.92 Å². The molecule has 3 heteroatoms. The van der Waals surface area contributed by atoms with E-state index in [-0.39, 0.29) is 0 Å². The molecule has 1 unspecified atom stereocenters. The second kappa shape index (κ2) is 10.2. The monoisotopic (exact) mass is 572 g/mol. The molecule has 6 rings (SSSR count). The zero-order chi connectivity index (χ0) is 27.3. The van der Waals surface area contributed by atoms with Crippen molar-refractivity contribution >= 4 is 70.4 Å². The molecule has 0 fully saturated rings. The Balaban J connectivity index is 1.93. The average molecular weight is 574 g/mol. The summed E-state index contributed by atoms with van der Waals surface area (Å²) < 4.78 is 1.04. The summed E-state index contributed by atoms with van der Waals surface area (Å²) in [5, 5.41) is 7.45. The van der Waals surface area contributed by atoms with E-state index in [1.165, 1.54) is 54.6 Å². The molecular weight excluding hydrogens is 540 g/mol. The highest BCUT2D eigenvalue weighted by atomic mass is 79.9. The van der Waals surface area contributed by atoms with Crippen LogP contribution in [-0.4, -0.2) is 9.97 Å². The van der Waals surface area contributed by atoms with Crippen LogP contribution in [-0.2, 0) is 0 Å². The van der Waals surface area contributed by atoms with E-state index in [9.17, 15) is 0 Å². The highest BCUT2D eigenvalue weighted by Gasteiger charge is 2.24. The van der Waals surface area contributed by atoms with Gasteiger partial charge in [-0.1, -0.05) is 90.5 Å². The molecule has 5 aromatic rings. The maximum absolute atomic E-state index is 5.37. The third-order valence-corrected chi connectivity index (χ3v) is 8.58. The van der Waals surface area contributed by atoms with E-state index in [0.717, 1.165) is 39.7 Å². The molecule has 2 nitrogen and oxygen atoms in total. The van der Waals surface area contributed by atoms with E-state index in [4.69, 9.17) is 9.97 Å². The van der Waals surface area contributed by atoms with Crippen LogP contribution in [0.3, 0.4) is 0 Å². The van der Waals surface area contributed by atoms with Gasteiger partial charge in [-0.15, -0.1) is 0 Å². The van der Waals surface area contributed by atoms with Gasteiger partial charge < -0.3 is 0 Å². The molecule has 0 aliphatic heterocycles. The number of hydrogen-bond acceptors (Lipinski definition) is 2. The Morgan fingerprint density at radius 2 is 1.69 bits per heavy atom.